The maximum atomic E-state index is 11.8. The molecule has 0 N–H and O–H groups in total. The van der Waals surface area contributed by atoms with E-state index in [2.05, 4.69) is 4.98 Å². The van der Waals surface area contributed by atoms with E-state index in [1.807, 2.05) is 55.2 Å². The van der Waals surface area contributed by atoms with Crippen LogP contribution in [0, 0.1) is 5.92 Å². The minimum atomic E-state index is 0.0456. The van der Waals surface area contributed by atoms with Crippen molar-refractivity contribution >= 4 is 5.78 Å². The summed E-state index contributed by atoms with van der Waals surface area (Å²) in [6.45, 7) is 4.58. The molecule has 3 nitrogen and oxygen atoms in total. The summed E-state index contributed by atoms with van der Waals surface area (Å²) in [6.07, 6.45) is 7.43. The van der Waals surface area contributed by atoms with E-state index in [9.17, 15) is 4.79 Å². The van der Waals surface area contributed by atoms with E-state index < -0.39 is 0 Å². The highest BCUT2D eigenvalue weighted by molar-refractivity contribution is 5.97. The van der Waals surface area contributed by atoms with Gasteiger partial charge in [-0.25, -0.2) is 0 Å². The smallest absolute Gasteiger partial charge is 0.166 e. The Balaban J connectivity index is 2.12. The Kier molecular flexibility index (Phi) is 3.38. The van der Waals surface area contributed by atoms with Crippen molar-refractivity contribution in [1.29, 1.82) is 0 Å². The lowest BCUT2D eigenvalue weighted by molar-refractivity contribution is 0.0939. The minimum absolute atomic E-state index is 0.0456. The van der Waals surface area contributed by atoms with E-state index in [4.69, 9.17) is 0 Å². The number of ketones is 1. The molecule has 0 aliphatic rings. The van der Waals surface area contributed by atoms with Crippen LogP contribution in [0.25, 0.3) is 0 Å². The second-order valence-electron chi connectivity index (χ2n) is 4.45. The molecule has 2 rings (SSSR count). The fourth-order valence-electron chi connectivity index (χ4n) is 1.72. The summed E-state index contributed by atoms with van der Waals surface area (Å²) >= 11 is 0. The minimum Gasteiger partial charge on any atom is -0.349 e. The molecule has 0 radical (unpaired) electrons. The van der Waals surface area contributed by atoms with Crippen LogP contribution in [0.5, 0.6) is 0 Å². The largest absolute Gasteiger partial charge is 0.349 e. The van der Waals surface area contributed by atoms with E-state index in [0.29, 0.717) is 0 Å². The maximum absolute atomic E-state index is 11.8. The molecule has 0 spiro atoms. The van der Waals surface area contributed by atoms with Crippen LogP contribution in [0.3, 0.4) is 0 Å². The third-order valence-corrected chi connectivity index (χ3v) is 2.65. The Morgan fingerprint density at radius 1 is 1.41 bits per heavy atom. The van der Waals surface area contributed by atoms with Crippen molar-refractivity contribution in [3.8, 4) is 0 Å². The van der Waals surface area contributed by atoms with Gasteiger partial charge in [-0.15, -0.1) is 0 Å². The lowest BCUT2D eigenvalue weighted by Gasteiger charge is -2.03. The zero-order valence-electron chi connectivity index (χ0n) is 10.1. The summed E-state index contributed by atoms with van der Waals surface area (Å²) < 4.78 is 2.01. The van der Waals surface area contributed by atoms with Gasteiger partial charge in [0.15, 0.2) is 5.78 Å². The van der Waals surface area contributed by atoms with Gasteiger partial charge in [-0.3, -0.25) is 9.78 Å². The number of carbonyl (C=O) groups is 1. The molecule has 0 aliphatic carbocycles. The molecule has 0 aliphatic heterocycles. The van der Waals surface area contributed by atoms with Crippen molar-refractivity contribution in [2.75, 3.05) is 0 Å². The predicted octanol–water partition coefficient (Wildman–Crippen LogP) is 2.77. The normalized spacial score (nSPS) is 10.8. The molecule has 0 unspecified atom stereocenters. The maximum Gasteiger partial charge on any atom is 0.166 e. The topological polar surface area (TPSA) is 34.9 Å². The average molecular weight is 228 g/mol. The molecule has 0 saturated heterocycles. The molecule has 2 heterocycles. The third-order valence-electron chi connectivity index (χ3n) is 2.65. The van der Waals surface area contributed by atoms with E-state index in [1.165, 1.54) is 0 Å². The summed E-state index contributed by atoms with van der Waals surface area (Å²) in [5, 5.41) is 0. The van der Waals surface area contributed by atoms with Gasteiger partial charge in [0.1, 0.15) is 0 Å². The standard InChI is InChI=1S/C14H16N2O/c1-11(2)14(17)13-5-7-16(10-13)9-12-4-3-6-15-8-12/h3-8,10-11H,9H2,1-2H3. The van der Waals surface area contributed by atoms with Crippen LogP contribution in [-0.4, -0.2) is 15.3 Å². The highest BCUT2D eigenvalue weighted by atomic mass is 16.1. The Morgan fingerprint density at radius 2 is 2.24 bits per heavy atom. The average Bonchev–Trinajstić information content (AvgIpc) is 2.77. The highest BCUT2D eigenvalue weighted by Gasteiger charge is 2.11. The van der Waals surface area contributed by atoms with Crippen molar-refractivity contribution in [3.63, 3.8) is 0 Å². The first-order chi connectivity index (χ1) is 8.16. The van der Waals surface area contributed by atoms with Gasteiger partial charge >= 0.3 is 0 Å². The molecular formula is C14H16N2O. The van der Waals surface area contributed by atoms with Crippen LogP contribution >= 0.6 is 0 Å². The molecule has 3 heteroatoms. The lowest BCUT2D eigenvalue weighted by atomic mass is 10.0. The number of rotatable bonds is 4. The molecular weight excluding hydrogens is 212 g/mol. The Labute approximate surface area is 101 Å². The van der Waals surface area contributed by atoms with Gasteiger partial charge in [0.2, 0.25) is 0 Å². The van der Waals surface area contributed by atoms with E-state index >= 15 is 0 Å². The van der Waals surface area contributed by atoms with Gasteiger partial charge in [-0.05, 0) is 17.7 Å². The Bertz CT molecular complexity index is 500. The first kappa shape index (κ1) is 11.6. The number of hydrogen-bond acceptors (Lipinski definition) is 2. The van der Waals surface area contributed by atoms with Gasteiger partial charge < -0.3 is 4.57 Å². The third kappa shape index (κ3) is 2.81. The molecule has 2 aromatic rings. The zero-order valence-corrected chi connectivity index (χ0v) is 10.1. The van der Waals surface area contributed by atoms with Crippen LogP contribution in [0.15, 0.2) is 43.0 Å². The number of hydrogen-bond donors (Lipinski definition) is 0. The summed E-state index contributed by atoms with van der Waals surface area (Å²) in [5.74, 6) is 0.235. The summed E-state index contributed by atoms with van der Waals surface area (Å²) in [5.41, 5.74) is 1.91. The Morgan fingerprint density at radius 3 is 2.88 bits per heavy atom. The number of aromatic nitrogens is 2. The monoisotopic (exact) mass is 228 g/mol. The molecule has 17 heavy (non-hydrogen) atoms. The van der Waals surface area contributed by atoms with E-state index in [-0.39, 0.29) is 11.7 Å². The van der Waals surface area contributed by atoms with Gasteiger partial charge in [-0.2, -0.15) is 0 Å². The van der Waals surface area contributed by atoms with Gasteiger partial charge in [0, 0.05) is 42.8 Å². The molecule has 0 aromatic carbocycles. The van der Waals surface area contributed by atoms with E-state index in [0.717, 1.165) is 17.7 Å². The van der Waals surface area contributed by atoms with E-state index in [1.54, 1.807) is 6.20 Å². The van der Waals surface area contributed by atoms with Crippen LogP contribution in [0.1, 0.15) is 29.8 Å². The van der Waals surface area contributed by atoms with Gasteiger partial charge in [-0.1, -0.05) is 19.9 Å². The highest BCUT2D eigenvalue weighted by Crippen LogP contribution is 2.10. The number of pyridine rings is 1. The van der Waals surface area contributed by atoms with Crippen LogP contribution in [0.2, 0.25) is 0 Å². The van der Waals surface area contributed by atoms with Crippen LogP contribution in [0.4, 0.5) is 0 Å². The van der Waals surface area contributed by atoms with Crippen molar-refractivity contribution < 1.29 is 4.79 Å². The number of carbonyl (C=O) groups excluding carboxylic acids is 1. The fraction of sp³-hybridized carbons (Fsp3) is 0.286. The molecule has 0 saturated carbocycles. The number of Topliss-reactive ketones (excluding diaryl/α,β-unsaturated/α-hetero) is 1. The molecule has 0 bridgehead atoms. The lowest BCUT2D eigenvalue weighted by Crippen LogP contribution is -2.06. The summed E-state index contributed by atoms with van der Waals surface area (Å²) in [6, 6.07) is 5.81. The fourth-order valence-corrected chi connectivity index (χ4v) is 1.72. The Hall–Kier alpha value is -1.90. The molecule has 0 amide bonds. The van der Waals surface area contributed by atoms with Crippen LogP contribution < -0.4 is 0 Å². The molecule has 0 fully saturated rings. The van der Waals surface area contributed by atoms with Crippen molar-refractivity contribution in [1.82, 2.24) is 9.55 Å². The first-order valence-electron chi connectivity index (χ1n) is 5.75. The van der Waals surface area contributed by atoms with Crippen molar-refractivity contribution in [3.05, 3.63) is 54.1 Å². The quantitative estimate of drug-likeness (QED) is 0.754. The van der Waals surface area contributed by atoms with Crippen molar-refractivity contribution in [2.24, 2.45) is 5.92 Å². The first-order valence-corrected chi connectivity index (χ1v) is 5.75. The zero-order chi connectivity index (χ0) is 12.3. The molecule has 88 valence electrons. The number of nitrogens with zero attached hydrogens (tertiary/aromatic N) is 2. The second kappa shape index (κ2) is 4.95. The van der Waals surface area contributed by atoms with Gasteiger partial charge in [0.25, 0.3) is 0 Å². The van der Waals surface area contributed by atoms with Crippen molar-refractivity contribution in [2.45, 2.75) is 20.4 Å². The molecule has 0 atom stereocenters. The predicted molar refractivity (Wildman–Crippen MR) is 66.9 cm³/mol. The second-order valence-corrected chi connectivity index (χ2v) is 4.45. The summed E-state index contributed by atoms with van der Waals surface area (Å²) in [7, 11) is 0. The molecule has 2 aromatic heterocycles. The van der Waals surface area contributed by atoms with Crippen LogP contribution in [-0.2, 0) is 6.54 Å². The van der Waals surface area contributed by atoms with Gasteiger partial charge in [0.05, 0.1) is 0 Å². The SMILES string of the molecule is CC(C)C(=O)c1ccn(Cc2cccnc2)c1. The summed E-state index contributed by atoms with van der Waals surface area (Å²) in [4.78, 5) is 15.9.